The topological polar surface area (TPSA) is 84.9 Å². The number of amides is 1. The molecule has 7 nitrogen and oxygen atoms in total. The molecule has 0 radical (unpaired) electrons. The highest BCUT2D eigenvalue weighted by atomic mass is 32.2. The number of nitrogens with one attached hydrogen (secondary N) is 1. The molecule has 2 aromatic rings. The maximum atomic E-state index is 13.6. The van der Waals surface area contributed by atoms with Gasteiger partial charge in [-0.15, -0.1) is 0 Å². The minimum absolute atomic E-state index is 0.0660. The number of hydrogen-bond donors (Lipinski definition) is 1. The third-order valence-corrected chi connectivity index (χ3v) is 7.52. The zero-order valence-corrected chi connectivity index (χ0v) is 19.6. The van der Waals surface area contributed by atoms with Crippen LogP contribution in [-0.2, 0) is 14.8 Å². The molecule has 1 N–H and O–H groups in total. The minimum atomic E-state index is -4.02. The Balaban J connectivity index is 1.93. The van der Waals surface area contributed by atoms with E-state index in [0.29, 0.717) is 11.5 Å². The Kier molecular flexibility index (Phi) is 8.39. The van der Waals surface area contributed by atoms with Crippen molar-refractivity contribution in [3.8, 4) is 11.5 Å². The van der Waals surface area contributed by atoms with Crippen molar-refractivity contribution in [1.29, 1.82) is 0 Å². The fourth-order valence-corrected chi connectivity index (χ4v) is 5.46. The molecule has 1 aliphatic carbocycles. The van der Waals surface area contributed by atoms with E-state index in [1.807, 2.05) is 0 Å². The van der Waals surface area contributed by atoms with Crippen LogP contribution in [0.1, 0.15) is 44.9 Å². The van der Waals surface area contributed by atoms with Gasteiger partial charge in [-0.3, -0.25) is 9.10 Å². The average molecular weight is 461 g/mol. The predicted octanol–water partition coefficient (Wildman–Crippen LogP) is 4.13. The smallest absolute Gasteiger partial charge is 0.264 e. The van der Waals surface area contributed by atoms with Gasteiger partial charge >= 0.3 is 0 Å². The van der Waals surface area contributed by atoms with Gasteiger partial charge in [-0.25, -0.2) is 8.42 Å². The lowest BCUT2D eigenvalue weighted by molar-refractivity contribution is -0.120. The van der Waals surface area contributed by atoms with E-state index in [4.69, 9.17) is 9.47 Å². The zero-order valence-electron chi connectivity index (χ0n) is 18.7. The highest BCUT2D eigenvalue weighted by molar-refractivity contribution is 7.92. The van der Waals surface area contributed by atoms with Gasteiger partial charge in [0, 0.05) is 12.1 Å². The molecular weight excluding hydrogens is 428 g/mol. The summed E-state index contributed by atoms with van der Waals surface area (Å²) in [7, 11) is -1.06. The molecule has 0 saturated heterocycles. The van der Waals surface area contributed by atoms with Crippen LogP contribution in [0.2, 0.25) is 0 Å². The van der Waals surface area contributed by atoms with Crippen LogP contribution in [0.25, 0.3) is 0 Å². The second kappa shape index (κ2) is 11.2. The van der Waals surface area contributed by atoms with Gasteiger partial charge in [0.25, 0.3) is 10.0 Å². The van der Waals surface area contributed by atoms with E-state index in [-0.39, 0.29) is 29.1 Å². The number of ether oxygens (including phenoxy) is 2. The molecule has 1 fully saturated rings. The van der Waals surface area contributed by atoms with Crippen LogP contribution in [-0.4, -0.2) is 41.1 Å². The molecule has 0 aromatic heterocycles. The number of rotatable bonds is 8. The number of hydrogen-bond acceptors (Lipinski definition) is 5. The van der Waals surface area contributed by atoms with Crippen LogP contribution < -0.4 is 19.1 Å². The molecule has 32 heavy (non-hydrogen) atoms. The summed E-state index contributed by atoms with van der Waals surface area (Å²) in [5.41, 5.74) is 0.253. The lowest BCUT2D eigenvalue weighted by atomic mass is 9.97. The molecule has 0 spiro atoms. The Bertz CT molecular complexity index is 987. The second-order valence-corrected chi connectivity index (χ2v) is 9.83. The molecule has 1 aliphatic rings. The van der Waals surface area contributed by atoms with Crippen LogP contribution in [0.3, 0.4) is 0 Å². The van der Waals surface area contributed by atoms with E-state index in [9.17, 15) is 13.2 Å². The summed E-state index contributed by atoms with van der Waals surface area (Å²) in [5, 5.41) is 3.06. The van der Waals surface area contributed by atoms with Crippen LogP contribution in [0.5, 0.6) is 11.5 Å². The van der Waals surface area contributed by atoms with Gasteiger partial charge in [0.05, 0.1) is 24.8 Å². The molecule has 0 aliphatic heterocycles. The number of anilines is 1. The Morgan fingerprint density at radius 2 is 1.62 bits per heavy atom. The van der Waals surface area contributed by atoms with E-state index >= 15 is 0 Å². The number of benzene rings is 2. The molecule has 1 amide bonds. The molecule has 8 heteroatoms. The van der Waals surface area contributed by atoms with Gasteiger partial charge in [0.2, 0.25) is 5.91 Å². The largest absolute Gasteiger partial charge is 0.497 e. The van der Waals surface area contributed by atoms with Crippen molar-refractivity contribution in [1.82, 2.24) is 5.32 Å². The van der Waals surface area contributed by atoms with Crippen molar-refractivity contribution in [2.24, 2.45) is 0 Å². The number of nitrogens with zero attached hydrogens (tertiary/aromatic N) is 1. The molecule has 1 saturated carbocycles. The van der Waals surface area contributed by atoms with E-state index in [1.165, 1.54) is 45.6 Å². The first kappa shape index (κ1) is 23.9. The first-order valence-corrected chi connectivity index (χ1v) is 12.5. The summed E-state index contributed by atoms with van der Waals surface area (Å²) in [5.74, 6) is 0.471. The Labute approximate surface area is 190 Å². The van der Waals surface area contributed by atoms with Crippen molar-refractivity contribution in [3.05, 3.63) is 48.5 Å². The monoisotopic (exact) mass is 460 g/mol. The molecule has 0 atom stereocenters. The van der Waals surface area contributed by atoms with E-state index in [1.54, 1.807) is 36.4 Å². The summed E-state index contributed by atoms with van der Waals surface area (Å²) in [4.78, 5) is 13.1. The number of carbonyl (C=O) groups is 1. The van der Waals surface area contributed by atoms with Crippen LogP contribution >= 0.6 is 0 Å². The van der Waals surface area contributed by atoms with E-state index in [0.717, 1.165) is 30.0 Å². The third kappa shape index (κ3) is 5.94. The lowest BCUT2D eigenvalue weighted by Crippen LogP contribution is -2.44. The van der Waals surface area contributed by atoms with E-state index < -0.39 is 10.0 Å². The molecule has 174 valence electrons. The van der Waals surface area contributed by atoms with Crippen molar-refractivity contribution >= 4 is 21.6 Å². The molecule has 2 aromatic carbocycles. The van der Waals surface area contributed by atoms with Crippen molar-refractivity contribution in [2.45, 2.75) is 55.9 Å². The molecule has 0 unspecified atom stereocenters. The normalized spacial score (nSPS) is 15.3. The van der Waals surface area contributed by atoms with Crippen LogP contribution in [0.4, 0.5) is 5.69 Å². The summed E-state index contributed by atoms with van der Waals surface area (Å²) in [6.45, 7) is -0.350. The quantitative estimate of drug-likeness (QED) is 0.640. The lowest BCUT2D eigenvalue weighted by Gasteiger charge is -2.27. The fraction of sp³-hybridized carbons (Fsp3) is 0.458. The summed E-state index contributed by atoms with van der Waals surface area (Å²) in [6.07, 6.45) is 7.55. The standard InChI is InChI=1S/C24H32N2O5S/c1-30-20-15-16-23(31-2)22(17-20)26(32(28,29)21-13-9-6-10-14-21)18-24(27)25-19-11-7-4-3-5-8-12-19/h6,9-10,13-17,19H,3-5,7-8,11-12,18H2,1-2H3,(H,25,27). The Hall–Kier alpha value is -2.74. The van der Waals surface area contributed by atoms with Crippen LogP contribution in [0.15, 0.2) is 53.4 Å². The van der Waals surface area contributed by atoms with Crippen molar-refractivity contribution in [3.63, 3.8) is 0 Å². The molecule has 0 bridgehead atoms. The molecule has 3 rings (SSSR count). The third-order valence-electron chi connectivity index (χ3n) is 5.74. The van der Waals surface area contributed by atoms with Crippen LogP contribution in [0, 0.1) is 0 Å². The number of methoxy groups -OCH3 is 2. The molecular formula is C24H32N2O5S. The first-order valence-electron chi connectivity index (χ1n) is 11.0. The Morgan fingerprint density at radius 1 is 0.969 bits per heavy atom. The fourth-order valence-electron chi connectivity index (χ4n) is 4.02. The van der Waals surface area contributed by atoms with Gasteiger partial charge in [-0.05, 0) is 37.1 Å². The maximum Gasteiger partial charge on any atom is 0.264 e. The number of sulfonamides is 1. The van der Waals surface area contributed by atoms with Gasteiger partial charge < -0.3 is 14.8 Å². The van der Waals surface area contributed by atoms with Gasteiger partial charge in [-0.2, -0.15) is 0 Å². The SMILES string of the molecule is COc1ccc(OC)c(N(CC(=O)NC2CCCCCCC2)S(=O)(=O)c2ccccc2)c1. The number of carbonyl (C=O) groups excluding carboxylic acids is 1. The van der Waals surface area contributed by atoms with E-state index in [2.05, 4.69) is 5.32 Å². The molecule has 0 heterocycles. The predicted molar refractivity (Wildman–Crippen MR) is 125 cm³/mol. The first-order chi connectivity index (χ1) is 15.5. The highest BCUT2D eigenvalue weighted by Gasteiger charge is 2.30. The van der Waals surface area contributed by atoms with Crippen molar-refractivity contribution in [2.75, 3.05) is 25.1 Å². The second-order valence-electron chi connectivity index (χ2n) is 7.97. The minimum Gasteiger partial charge on any atom is -0.497 e. The Morgan fingerprint density at radius 3 is 2.25 bits per heavy atom. The van der Waals surface area contributed by atoms with Gasteiger partial charge in [0.15, 0.2) is 0 Å². The maximum absolute atomic E-state index is 13.6. The highest BCUT2D eigenvalue weighted by Crippen LogP contribution is 2.35. The summed E-state index contributed by atoms with van der Waals surface area (Å²) in [6, 6.07) is 13.0. The van der Waals surface area contributed by atoms with Gasteiger partial charge in [-0.1, -0.05) is 50.3 Å². The van der Waals surface area contributed by atoms with Gasteiger partial charge in [0.1, 0.15) is 18.0 Å². The van der Waals surface area contributed by atoms with Crippen molar-refractivity contribution < 1.29 is 22.7 Å². The zero-order chi connectivity index (χ0) is 23.0. The average Bonchev–Trinajstić information content (AvgIpc) is 2.79. The summed E-state index contributed by atoms with van der Waals surface area (Å²) >= 11 is 0. The summed E-state index contributed by atoms with van der Waals surface area (Å²) < 4.78 is 39.0.